The summed E-state index contributed by atoms with van der Waals surface area (Å²) in [5.41, 5.74) is 6.72. The van der Waals surface area contributed by atoms with Crippen molar-refractivity contribution in [2.45, 2.75) is 31.7 Å². The van der Waals surface area contributed by atoms with Gasteiger partial charge in [-0.1, -0.05) is 29.3 Å². The smallest absolute Gasteiger partial charge is 0.220 e. The average molecular weight is 427 g/mol. The van der Waals surface area contributed by atoms with Crippen LogP contribution >= 0.6 is 23.2 Å². The highest BCUT2D eigenvalue weighted by Gasteiger charge is 2.34. The first-order valence-electron chi connectivity index (χ1n) is 10.2. The number of rotatable bonds is 6. The lowest BCUT2D eigenvalue weighted by Crippen LogP contribution is -2.48. The molecule has 2 aliphatic rings. The van der Waals surface area contributed by atoms with Gasteiger partial charge in [0.1, 0.15) is 0 Å². The van der Waals surface area contributed by atoms with E-state index in [0.717, 1.165) is 64.1 Å². The SMILES string of the molecule is CN(C)C1CCC(C(N)=O)C(CCN2CCN(c3cccc(Cl)c3Cl)CC2)C1. The number of primary amides is 1. The van der Waals surface area contributed by atoms with Crippen molar-refractivity contribution in [3.8, 4) is 0 Å². The van der Waals surface area contributed by atoms with Crippen molar-refractivity contribution in [2.75, 3.05) is 51.7 Å². The summed E-state index contributed by atoms with van der Waals surface area (Å²) in [7, 11) is 4.26. The second-order valence-corrected chi connectivity index (χ2v) is 9.17. The molecule has 3 atom stereocenters. The van der Waals surface area contributed by atoms with Gasteiger partial charge in [0, 0.05) is 38.1 Å². The Kier molecular flexibility index (Phi) is 7.48. The number of carbonyl (C=O) groups excluding carboxylic acids is 1. The molecule has 7 heteroatoms. The molecule has 156 valence electrons. The zero-order valence-electron chi connectivity index (χ0n) is 16.9. The van der Waals surface area contributed by atoms with Crippen molar-refractivity contribution in [2.24, 2.45) is 17.6 Å². The number of benzene rings is 1. The molecule has 5 nitrogen and oxygen atoms in total. The lowest BCUT2D eigenvalue weighted by Gasteiger charge is -2.40. The number of anilines is 1. The van der Waals surface area contributed by atoms with Crippen LogP contribution in [0.2, 0.25) is 10.0 Å². The van der Waals surface area contributed by atoms with Crippen LogP contribution < -0.4 is 10.6 Å². The standard InChI is InChI=1S/C21H32Cl2N4O/c1-25(2)16-6-7-17(21(24)28)15(14-16)8-9-26-10-12-27(13-11-26)19-5-3-4-18(22)20(19)23/h3-5,15-17H,6-14H2,1-2H3,(H2,24,28). The molecule has 2 N–H and O–H groups in total. The molecule has 1 aliphatic carbocycles. The number of hydrogen-bond donors (Lipinski definition) is 1. The zero-order chi connectivity index (χ0) is 20.3. The molecule has 1 aromatic carbocycles. The Bertz CT molecular complexity index is 676. The van der Waals surface area contributed by atoms with E-state index in [0.29, 0.717) is 22.0 Å². The van der Waals surface area contributed by atoms with Gasteiger partial charge in [-0.25, -0.2) is 0 Å². The molecule has 3 rings (SSSR count). The maximum atomic E-state index is 11.9. The maximum absolute atomic E-state index is 11.9. The third kappa shape index (κ3) is 5.12. The van der Waals surface area contributed by atoms with Gasteiger partial charge in [-0.3, -0.25) is 9.69 Å². The molecule has 1 amide bonds. The zero-order valence-corrected chi connectivity index (χ0v) is 18.4. The summed E-state index contributed by atoms with van der Waals surface area (Å²) in [6.07, 6.45) is 4.09. The minimum atomic E-state index is -0.123. The lowest BCUT2D eigenvalue weighted by atomic mass is 9.74. The molecule has 2 fully saturated rings. The van der Waals surface area contributed by atoms with Crippen LogP contribution in [0.4, 0.5) is 5.69 Å². The first kappa shape index (κ1) is 21.7. The summed E-state index contributed by atoms with van der Waals surface area (Å²) in [5.74, 6) is 0.296. The highest BCUT2D eigenvalue weighted by atomic mass is 35.5. The Morgan fingerprint density at radius 2 is 1.89 bits per heavy atom. The summed E-state index contributed by atoms with van der Waals surface area (Å²) in [6.45, 7) is 4.88. The molecule has 1 saturated carbocycles. The first-order chi connectivity index (χ1) is 13.4. The van der Waals surface area contributed by atoms with Crippen LogP contribution in [0.5, 0.6) is 0 Å². The van der Waals surface area contributed by atoms with Gasteiger partial charge >= 0.3 is 0 Å². The number of nitrogens with zero attached hydrogens (tertiary/aromatic N) is 3. The van der Waals surface area contributed by atoms with Gasteiger partial charge in [0.25, 0.3) is 0 Å². The van der Waals surface area contributed by atoms with E-state index in [-0.39, 0.29) is 11.8 Å². The topological polar surface area (TPSA) is 52.8 Å². The Balaban J connectivity index is 1.52. The predicted molar refractivity (Wildman–Crippen MR) is 117 cm³/mol. The van der Waals surface area contributed by atoms with Gasteiger partial charge < -0.3 is 15.5 Å². The molecule has 28 heavy (non-hydrogen) atoms. The molecule has 1 heterocycles. The fourth-order valence-corrected chi connectivity index (χ4v) is 5.11. The first-order valence-corrected chi connectivity index (χ1v) is 11.0. The van der Waals surface area contributed by atoms with Gasteiger partial charge in [-0.2, -0.15) is 0 Å². The van der Waals surface area contributed by atoms with Gasteiger partial charge in [0.05, 0.1) is 15.7 Å². The van der Waals surface area contributed by atoms with E-state index >= 15 is 0 Å². The summed E-state index contributed by atoms with van der Waals surface area (Å²) in [4.78, 5) is 19.0. The number of amides is 1. The van der Waals surface area contributed by atoms with Crippen molar-refractivity contribution in [1.29, 1.82) is 0 Å². The Labute approximate surface area is 178 Å². The molecule has 0 radical (unpaired) electrons. The summed E-state index contributed by atoms with van der Waals surface area (Å²) < 4.78 is 0. The molecule has 0 spiro atoms. The normalized spacial score (nSPS) is 26.6. The van der Waals surface area contributed by atoms with Gasteiger partial charge in [-0.05, 0) is 64.4 Å². The minimum absolute atomic E-state index is 0.0303. The van der Waals surface area contributed by atoms with E-state index in [2.05, 4.69) is 28.8 Å². The minimum Gasteiger partial charge on any atom is -0.369 e. The molecule has 1 aliphatic heterocycles. The van der Waals surface area contributed by atoms with E-state index in [1.807, 2.05) is 18.2 Å². The van der Waals surface area contributed by atoms with Crippen molar-refractivity contribution in [1.82, 2.24) is 9.80 Å². The quantitative estimate of drug-likeness (QED) is 0.757. The predicted octanol–water partition coefficient (Wildman–Crippen LogP) is 3.34. The maximum Gasteiger partial charge on any atom is 0.220 e. The summed E-state index contributed by atoms with van der Waals surface area (Å²) >= 11 is 12.5. The molecule has 1 saturated heterocycles. The molecular weight excluding hydrogens is 395 g/mol. The van der Waals surface area contributed by atoms with Crippen LogP contribution in [0.3, 0.4) is 0 Å². The van der Waals surface area contributed by atoms with Gasteiger partial charge in [0.15, 0.2) is 0 Å². The van der Waals surface area contributed by atoms with Crippen LogP contribution in [0, 0.1) is 11.8 Å². The van der Waals surface area contributed by atoms with Crippen LogP contribution in [-0.4, -0.2) is 68.6 Å². The molecule has 0 bridgehead atoms. The van der Waals surface area contributed by atoms with Crippen LogP contribution in [0.1, 0.15) is 25.7 Å². The fourth-order valence-electron chi connectivity index (χ4n) is 4.70. The highest BCUT2D eigenvalue weighted by Crippen LogP contribution is 2.35. The Hall–Kier alpha value is -1.01. The number of carbonyl (C=O) groups is 1. The second-order valence-electron chi connectivity index (χ2n) is 8.39. The van der Waals surface area contributed by atoms with E-state index in [1.54, 1.807) is 0 Å². The second kappa shape index (κ2) is 9.66. The summed E-state index contributed by atoms with van der Waals surface area (Å²) in [6, 6.07) is 6.36. The van der Waals surface area contributed by atoms with Crippen molar-refractivity contribution >= 4 is 34.8 Å². The van der Waals surface area contributed by atoms with Crippen molar-refractivity contribution < 1.29 is 4.79 Å². The number of hydrogen-bond acceptors (Lipinski definition) is 4. The molecule has 1 aromatic rings. The van der Waals surface area contributed by atoms with E-state index in [4.69, 9.17) is 28.9 Å². The van der Waals surface area contributed by atoms with E-state index in [9.17, 15) is 4.79 Å². The monoisotopic (exact) mass is 426 g/mol. The third-order valence-electron chi connectivity index (χ3n) is 6.51. The molecule has 3 unspecified atom stereocenters. The fraction of sp³-hybridized carbons (Fsp3) is 0.667. The lowest BCUT2D eigenvalue weighted by molar-refractivity contribution is -0.125. The summed E-state index contributed by atoms with van der Waals surface area (Å²) in [5, 5.41) is 1.24. The van der Waals surface area contributed by atoms with Crippen molar-refractivity contribution in [3.63, 3.8) is 0 Å². The van der Waals surface area contributed by atoms with E-state index in [1.165, 1.54) is 0 Å². The average Bonchev–Trinajstić information content (AvgIpc) is 2.68. The largest absolute Gasteiger partial charge is 0.369 e. The van der Waals surface area contributed by atoms with Crippen LogP contribution in [-0.2, 0) is 4.79 Å². The molecular formula is C21H32Cl2N4O. The highest BCUT2D eigenvalue weighted by molar-refractivity contribution is 6.43. The van der Waals surface area contributed by atoms with Gasteiger partial charge in [0.2, 0.25) is 5.91 Å². The number of halogens is 2. The van der Waals surface area contributed by atoms with Crippen molar-refractivity contribution in [3.05, 3.63) is 28.2 Å². The Morgan fingerprint density at radius 3 is 2.54 bits per heavy atom. The van der Waals surface area contributed by atoms with E-state index < -0.39 is 0 Å². The van der Waals surface area contributed by atoms with Crippen LogP contribution in [0.25, 0.3) is 0 Å². The third-order valence-corrected chi connectivity index (χ3v) is 7.32. The van der Waals surface area contributed by atoms with Gasteiger partial charge in [-0.15, -0.1) is 0 Å². The number of piperazine rings is 1. The van der Waals surface area contributed by atoms with Crippen LogP contribution in [0.15, 0.2) is 18.2 Å². The number of nitrogens with two attached hydrogens (primary N) is 1. The molecule has 0 aromatic heterocycles. The Morgan fingerprint density at radius 1 is 1.18 bits per heavy atom.